The molecule has 8 heteroatoms. The quantitative estimate of drug-likeness (QED) is 0.388. The van der Waals surface area contributed by atoms with Crippen molar-refractivity contribution in [2.45, 2.75) is 50.5 Å². The van der Waals surface area contributed by atoms with Gasteiger partial charge in [-0.2, -0.15) is 0 Å². The minimum atomic E-state index is -3.99. The van der Waals surface area contributed by atoms with Crippen LogP contribution in [0, 0.1) is 6.92 Å². The van der Waals surface area contributed by atoms with Gasteiger partial charge in [0.2, 0.25) is 5.91 Å². The van der Waals surface area contributed by atoms with Crippen LogP contribution in [0.25, 0.3) is 0 Å². The van der Waals surface area contributed by atoms with Gasteiger partial charge in [0.15, 0.2) is 0 Å². The first-order chi connectivity index (χ1) is 17.3. The largest absolute Gasteiger partial charge is 0.494 e. The van der Waals surface area contributed by atoms with Gasteiger partial charge in [-0.15, -0.1) is 0 Å². The molecule has 0 heterocycles. The maximum atomic E-state index is 13.6. The lowest BCUT2D eigenvalue weighted by atomic mass is 10.2. The molecule has 1 N–H and O–H groups in total. The molecule has 190 valence electrons. The summed E-state index contributed by atoms with van der Waals surface area (Å²) in [5.41, 5.74) is 1.88. The molecule has 1 fully saturated rings. The average molecular weight is 509 g/mol. The predicted molar refractivity (Wildman–Crippen MR) is 141 cm³/mol. The lowest BCUT2D eigenvalue weighted by Crippen LogP contribution is -2.38. The van der Waals surface area contributed by atoms with Gasteiger partial charge in [-0.05, 0) is 100 Å². The molecule has 3 aromatic rings. The van der Waals surface area contributed by atoms with E-state index in [2.05, 4.69) is 5.32 Å². The minimum absolute atomic E-state index is 0.114. The Balaban J connectivity index is 1.52. The highest BCUT2D eigenvalue weighted by atomic mass is 32.2. The van der Waals surface area contributed by atoms with Gasteiger partial charge in [-0.3, -0.25) is 9.10 Å². The van der Waals surface area contributed by atoms with Crippen LogP contribution in [0.2, 0.25) is 0 Å². The van der Waals surface area contributed by atoms with E-state index in [1.54, 1.807) is 60.7 Å². The molecule has 36 heavy (non-hydrogen) atoms. The zero-order chi connectivity index (χ0) is 25.5. The number of aryl methyl sites for hydroxylation is 1. The average Bonchev–Trinajstić information content (AvgIpc) is 3.38. The van der Waals surface area contributed by atoms with E-state index in [0.29, 0.717) is 23.7 Å². The van der Waals surface area contributed by atoms with Gasteiger partial charge >= 0.3 is 0 Å². The standard InChI is InChI=1S/C28H32N2O5S/c1-3-34-24-16-12-23(13-17-24)30(36(32,33)27-18-8-21(2)9-19-27)20-28(31)29-22-10-14-26(15-11-22)35-25-6-4-5-7-25/h8-19,25H,3-7,20H2,1-2H3,(H,29,31). The van der Waals surface area contributed by atoms with Gasteiger partial charge in [-0.1, -0.05) is 17.7 Å². The van der Waals surface area contributed by atoms with E-state index in [9.17, 15) is 13.2 Å². The molecular weight excluding hydrogens is 476 g/mol. The van der Waals surface area contributed by atoms with E-state index >= 15 is 0 Å². The number of sulfonamides is 1. The number of hydrogen-bond acceptors (Lipinski definition) is 5. The highest BCUT2D eigenvalue weighted by Gasteiger charge is 2.27. The van der Waals surface area contributed by atoms with Gasteiger partial charge < -0.3 is 14.8 Å². The van der Waals surface area contributed by atoms with Crippen molar-refractivity contribution in [3.05, 3.63) is 78.4 Å². The molecule has 1 saturated carbocycles. The molecule has 1 aliphatic carbocycles. The third-order valence-corrected chi connectivity index (χ3v) is 7.86. The minimum Gasteiger partial charge on any atom is -0.494 e. The molecule has 7 nitrogen and oxygen atoms in total. The second-order valence-electron chi connectivity index (χ2n) is 8.85. The monoisotopic (exact) mass is 508 g/mol. The van der Waals surface area contributed by atoms with Gasteiger partial charge in [0.05, 0.1) is 23.3 Å². The lowest BCUT2D eigenvalue weighted by Gasteiger charge is -2.24. The van der Waals surface area contributed by atoms with Crippen LogP contribution in [-0.2, 0) is 14.8 Å². The van der Waals surface area contributed by atoms with Crippen LogP contribution < -0.4 is 19.1 Å². The van der Waals surface area contributed by atoms with Crippen molar-refractivity contribution < 1.29 is 22.7 Å². The van der Waals surface area contributed by atoms with Crippen LogP contribution in [0.1, 0.15) is 38.2 Å². The van der Waals surface area contributed by atoms with Crippen molar-refractivity contribution in [3.8, 4) is 11.5 Å². The van der Waals surface area contributed by atoms with Gasteiger partial charge in [0.1, 0.15) is 18.0 Å². The summed E-state index contributed by atoms with van der Waals surface area (Å²) in [6, 6.07) is 20.4. The second kappa shape index (κ2) is 11.5. The number of ether oxygens (including phenoxy) is 2. The molecule has 0 unspecified atom stereocenters. The topological polar surface area (TPSA) is 84.9 Å². The SMILES string of the molecule is CCOc1ccc(N(CC(=O)Nc2ccc(OC3CCCC3)cc2)S(=O)(=O)c2ccc(C)cc2)cc1. The Morgan fingerprint density at radius 2 is 1.53 bits per heavy atom. The van der Waals surface area contributed by atoms with Crippen molar-refractivity contribution in [3.63, 3.8) is 0 Å². The number of benzene rings is 3. The van der Waals surface area contributed by atoms with Crippen LogP contribution in [0.15, 0.2) is 77.7 Å². The Labute approximate surface area is 213 Å². The van der Waals surface area contributed by atoms with E-state index < -0.39 is 15.9 Å². The number of nitrogens with one attached hydrogen (secondary N) is 1. The Morgan fingerprint density at radius 1 is 0.917 bits per heavy atom. The van der Waals surface area contributed by atoms with Crippen molar-refractivity contribution in [2.24, 2.45) is 0 Å². The molecule has 0 aromatic heterocycles. The van der Waals surface area contributed by atoms with Crippen LogP contribution in [0.5, 0.6) is 11.5 Å². The molecule has 0 aliphatic heterocycles. The Bertz CT molecular complexity index is 1250. The maximum absolute atomic E-state index is 13.6. The number of carbonyl (C=O) groups is 1. The summed E-state index contributed by atoms with van der Waals surface area (Å²) in [5.74, 6) is 0.931. The summed E-state index contributed by atoms with van der Waals surface area (Å²) in [6.45, 7) is 3.88. The normalized spacial score (nSPS) is 13.8. The molecule has 0 radical (unpaired) electrons. The fourth-order valence-corrected chi connectivity index (χ4v) is 5.60. The van der Waals surface area contributed by atoms with Crippen LogP contribution in [0.4, 0.5) is 11.4 Å². The molecule has 3 aromatic carbocycles. The van der Waals surface area contributed by atoms with E-state index in [0.717, 1.165) is 28.5 Å². The lowest BCUT2D eigenvalue weighted by molar-refractivity contribution is -0.114. The highest BCUT2D eigenvalue weighted by molar-refractivity contribution is 7.92. The summed E-state index contributed by atoms with van der Waals surface area (Å²) < 4.78 is 39.7. The first-order valence-electron chi connectivity index (χ1n) is 12.2. The predicted octanol–water partition coefficient (Wildman–Crippen LogP) is 5.55. The van der Waals surface area contributed by atoms with Crippen LogP contribution in [-0.4, -0.2) is 33.6 Å². The summed E-state index contributed by atoms with van der Waals surface area (Å²) >= 11 is 0. The first-order valence-corrected chi connectivity index (χ1v) is 13.7. The molecule has 0 atom stereocenters. The molecule has 4 rings (SSSR count). The molecule has 1 aliphatic rings. The Morgan fingerprint density at radius 3 is 2.14 bits per heavy atom. The van der Waals surface area contributed by atoms with Crippen molar-refractivity contribution >= 4 is 27.3 Å². The molecular formula is C28H32N2O5S. The summed E-state index contributed by atoms with van der Waals surface area (Å²) in [4.78, 5) is 13.1. The number of anilines is 2. The second-order valence-corrected chi connectivity index (χ2v) is 10.7. The first kappa shape index (κ1) is 25.6. The highest BCUT2D eigenvalue weighted by Crippen LogP contribution is 2.27. The number of nitrogens with zero attached hydrogens (tertiary/aromatic N) is 1. The third-order valence-electron chi connectivity index (χ3n) is 6.07. The molecule has 0 bridgehead atoms. The molecule has 0 spiro atoms. The van der Waals surface area contributed by atoms with Crippen LogP contribution >= 0.6 is 0 Å². The van der Waals surface area contributed by atoms with Gasteiger partial charge in [-0.25, -0.2) is 8.42 Å². The van der Waals surface area contributed by atoms with E-state index in [4.69, 9.17) is 9.47 Å². The van der Waals surface area contributed by atoms with Crippen LogP contribution in [0.3, 0.4) is 0 Å². The molecule has 1 amide bonds. The Hall–Kier alpha value is -3.52. The Kier molecular flexibility index (Phi) is 8.15. The fourth-order valence-electron chi connectivity index (χ4n) is 4.17. The van der Waals surface area contributed by atoms with E-state index in [1.165, 1.54) is 12.8 Å². The maximum Gasteiger partial charge on any atom is 0.264 e. The summed E-state index contributed by atoms with van der Waals surface area (Å²) in [5, 5.41) is 2.80. The van der Waals surface area contributed by atoms with Gasteiger partial charge in [0, 0.05) is 5.69 Å². The smallest absolute Gasteiger partial charge is 0.264 e. The number of carbonyl (C=O) groups excluding carboxylic acids is 1. The molecule has 0 saturated heterocycles. The zero-order valence-corrected chi connectivity index (χ0v) is 21.5. The van der Waals surface area contributed by atoms with Crippen molar-refractivity contribution in [1.29, 1.82) is 0 Å². The summed E-state index contributed by atoms with van der Waals surface area (Å²) in [7, 11) is -3.99. The number of amides is 1. The number of hydrogen-bond donors (Lipinski definition) is 1. The number of rotatable bonds is 10. The van der Waals surface area contributed by atoms with E-state index in [-0.39, 0.29) is 17.5 Å². The fraction of sp³-hybridized carbons (Fsp3) is 0.321. The van der Waals surface area contributed by atoms with E-state index in [1.807, 2.05) is 26.0 Å². The van der Waals surface area contributed by atoms with Crippen molar-refractivity contribution in [1.82, 2.24) is 0 Å². The third kappa shape index (κ3) is 6.37. The zero-order valence-electron chi connectivity index (χ0n) is 20.6. The summed E-state index contributed by atoms with van der Waals surface area (Å²) in [6.07, 6.45) is 4.76. The van der Waals surface area contributed by atoms with Gasteiger partial charge in [0.25, 0.3) is 10.0 Å². The van der Waals surface area contributed by atoms with Crippen molar-refractivity contribution in [2.75, 3.05) is 22.8 Å².